The molecule has 1 saturated heterocycles. The minimum absolute atomic E-state index is 0.134. The van der Waals surface area contributed by atoms with E-state index in [1.54, 1.807) is 6.26 Å². The van der Waals surface area contributed by atoms with Crippen LogP contribution in [0.1, 0.15) is 51.6 Å². The lowest BCUT2D eigenvalue weighted by molar-refractivity contribution is 0.106. The molecule has 1 N–H and O–H groups in total. The number of hydrogen-bond acceptors (Lipinski definition) is 3. The summed E-state index contributed by atoms with van der Waals surface area (Å²) >= 11 is 0. The van der Waals surface area contributed by atoms with Crippen LogP contribution >= 0.6 is 0 Å². The molecule has 1 atom stereocenters. The molecule has 0 saturated carbocycles. The van der Waals surface area contributed by atoms with Gasteiger partial charge in [0.05, 0.1) is 18.6 Å². The Kier molecular flexibility index (Phi) is 4.46. The van der Waals surface area contributed by atoms with E-state index < -0.39 is 0 Å². The van der Waals surface area contributed by atoms with Gasteiger partial charge in [-0.2, -0.15) is 0 Å². The topological polar surface area (TPSA) is 28.4 Å². The first-order valence-electron chi connectivity index (χ1n) is 7.16. The Morgan fingerprint density at radius 2 is 2.11 bits per heavy atom. The zero-order chi connectivity index (χ0) is 13.0. The largest absolute Gasteiger partial charge is 0.472 e. The molecule has 1 aliphatic heterocycles. The summed E-state index contributed by atoms with van der Waals surface area (Å²) in [4.78, 5) is 2.60. The lowest BCUT2D eigenvalue weighted by atomic mass is 9.88. The molecule has 3 heteroatoms. The first kappa shape index (κ1) is 13.6. The summed E-state index contributed by atoms with van der Waals surface area (Å²) in [6.45, 7) is 10.4. The molecule has 0 spiro atoms. The van der Waals surface area contributed by atoms with Gasteiger partial charge in [-0.1, -0.05) is 6.92 Å². The minimum atomic E-state index is 0.134. The van der Waals surface area contributed by atoms with Crippen molar-refractivity contribution >= 4 is 0 Å². The number of nitrogens with zero attached hydrogens (tertiary/aromatic N) is 1. The van der Waals surface area contributed by atoms with E-state index in [1.807, 2.05) is 6.26 Å². The highest BCUT2D eigenvalue weighted by Crippen LogP contribution is 2.33. The van der Waals surface area contributed by atoms with Crippen molar-refractivity contribution in [3.63, 3.8) is 0 Å². The highest BCUT2D eigenvalue weighted by atomic mass is 16.3. The second-order valence-corrected chi connectivity index (χ2v) is 5.79. The highest BCUT2D eigenvalue weighted by molar-refractivity contribution is 5.17. The van der Waals surface area contributed by atoms with Crippen LogP contribution in [0.3, 0.4) is 0 Å². The molecule has 0 aromatic carbocycles. The first-order chi connectivity index (χ1) is 8.66. The van der Waals surface area contributed by atoms with E-state index in [2.05, 4.69) is 37.1 Å². The lowest BCUT2D eigenvalue weighted by Crippen LogP contribution is -2.51. The molecule has 2 rings (SSSR count). The SMILES string of the molecule is CCCNC(c1ccoc1)C(C)(C)N1CCCC1. The third kappa shape index (κ3) is 2.78. The predicted octanol–water partition coefficient (Wildman–Crippen LogP) is 3.19. The van der Waals surface area contributed by atoms with Crippen LogP contribution in [-0.4, -0.2) is 30.1 Å². The summed E-state index contributed by atoms with van der Waals surface area (Å²) in [7, 11) is 0. The monoisotopic (exact) mass is 250 g/mol. The molecular weight excluding hydrogens is 224 g/mol. The summed E-state index contributed by atoms with van der Waals surface area (Å²) in [5.74, 6) is 0. The van der Waals surface area contributed by atoms with Crippen molar-refractivity contribution in [1.29, 1.82) is 0 Å². The third-order valence-electron chi connectivity index (χ3n) is 4.10. The Balaban J connectivity index is 2.16. The molecule has 3 nitrogen and oxygen atoms in total. The quantitative estimate of drug-likeness (QED) is 0.840. The van der Waals surface area contributed by atoms with Crippen molar-refractivity contribution in [1.82, 2.24) is 10.2 Å². The molecule has 1 aliphatic rings. The summed E-state index contributed by atoms with van der Waals surface area (Å²) < 4.78 is 5.27. The van der Waals surface area contributed by atoms with E-state index in [9.17, 15) is 0 Å². The maximum Gasteiger partial charge on any atom is 0.0951 e. The van der Waals surface area contributed by atoms with Crippen LogP contribution in [0.25, 0.3) is 0 Å². The highest BCUT2D eigenvalue weighted by Gasteiger charge is 2.37. The van der Waals surface area contributed by atoms with Gasteiger partial charge in [0.25, 0.3) is 0 Å². The van der Waals surface area contributed by atoms with Gasteiger partial charge in [0, 0.05) is 11.1 Å². The Hall–Kier alpha value is -0.800. The molecular formula is C15H26N2O. The zero-order valence-corrected chi connectivity index (χ0v) is 11.9. The Morgan fingerprint density at radius 3 is 2.67 bits per heavy atom. The average Bonchev–Trinajstić information content (AvgIpc) is 3.02. The number of hydrogen-bond donors (Lipinski definition) is 1. The van der Waals surface area contributed by atoms with Crippen LogP contribution in [-0.2, 0) is 0 Å². The molecule has 0 amide bonds. The molecule has 2 heterocycles. The molecule has 0 radical (unpaired) electrons. The molecule has 1 aromatic rings. The fraction of sp³-hybridized carbons (Fsp3) is 0.733. The van der Waals surface area contributed by atoms with E-state index in [0.29, 0.717) is 6.04 Å². The number of furan rings is 1. The maximum absolute atomic E-state index is 5.27. The molecule has 102 valence electrons. The van der Waals surface area contributed by atoms with E-state index in [-0.39, 0.29) is 5.54 Å². The van der Waals surface area contributed by atoms with Gasteiger partial charge in [0.1, 0.15) is 0 Å². The maximum atomic E-state index is 5.27. The van der Waals surface area contributed by atoms with Crippen molar-refractivity contribution in [3.8, 4) is 0 Å². The molecule has 1 aromatic heterocycles. The molecule has 18 heavy (non-hydrogen) atoms. The van der Waals surface area contributed by atoms with Gasteiger partial charge in [-0.3, -0.25) is 4.90 Å². The predicted molar refractivity (Wildman–Crippen MR) is 74.6 cm³/mol. The van der Waals surface area contributed by atoms with Crippen LogP contribution in [0, 0.1) is 0 Å². The number of nitrogens with one attached hydrogen (secondary N) is 1. The molecule has 0 aliphatic carbocycles. The normalized spacial score (nSPS) is 19.3. The third-order valence-corrected chi connectivity index (χ3v) is 4.10. The summed E-state index contributed by atoms with van der Waals surface area (Å²) in [5, 5.41) is 3.69. The Morgan fingerprint density at radius 1 is 1.39 bits per heavy atom. The van der Waals surface area contributed by atoms with E-state index in [1.165, 1.54) is 31.5 Å². The van der Waals surface area contributed by atoms with Gasteiger partial charge in [0.15, 0.2) is 0 Å². The van der Waals surface area contributed by atoms with Gasteiger partial charge >= 0.3 is 0 Å². The number of likely N-dealkylation sites (tertiary alicyclic amines) is 1. The van der Waals surface area contributed by atoms with Gasteiger partial charge in [-0.05, 0) is 58.8 Å². The fourth-order valence-electron chi connectivity index (χ4n) is 2.98. The molecule has 1 fully saturated rings. The summed E-state index contributed by atoms with van der Waals surface area (Å²) in [6, 6.07) is 2.43. The molecule has 0 bridgehead atoms. The Labute approximate surface area is 111 Å². The fourth-order valence-corrected chi connectivity index (χ4v) is 2.98. The zero-order valence-electron chi connectivity index (χ0n) is 11.9. The Bertz CT molecular complexity index is 339. The van der Waals surface area contributed by atoms with E-state index >= 15 is 0 Å². The van der Waals surface area contributed by atoms with Crippen LogP contribution in [0.4, 0.5) is 0 Å². The average molecular weight is 250 g/mol. The van der Waals surface area contributed by atoms with E-state index in [4.69, 9.17) is 4.42 Å². The van der Waals surface area contributed by atoms with Crippen LogP contribution in [0.2, 0.25) is 0 Å². The van der Waals surface area contributed by atoms with Crippen LogP contribution in [0.15, 0.2) is 23.0 Å². The van der Waals surface area contributed by atoms with Gasteiger partial charge in [-0.25, -0.2) is 0 Å². The van der Waals surface area contributed by atoms with Crippen molar-refractivity contribution < 1.29 is 4.42 Å². The summed E-state index contributed by atoms with van der Waals surface area (Å²) in [6.07, 6.45) is 7.47. The van der Waals surface area contributed by atoms with Gasteiger partial charge in [0.2, 0.25) is 0 Å². The second-order valence-electron chi connectivity index (χ2n) is 5.79. The number of rotatable bonds is 6. The van der Waals surface area contributed by atoms with Crippen molar-refractivity contribution in [2.45, 2.75) is 51.6 Å². The van der Waals surface area contributed by atoms with E-state index in [0.717, 1.165) is 13.0 Å². The van der Waals surface area contributed by atoms with Crippen molar-refractivity contribution in [3.05, 3.63) is 24.2 Å². The van der Waals surface area contributed by atoms with Crippen molar-refractivity contribution in [2.24, 2.45) is 0 Å². The standard InChI is InChI=1S/C15H26N2O/c1-4-8-16-14(13-7-11-18-12-13)15(2,3)17-9-5-6-10-17/h7,11-12,14,16H,4-6,8-10H2,1-3H3. The van der Waals surface area contributed by atoms with Gasteiger partial charge < -0.3 is 9.73 Å². The van der Waals surface area contributed by atoms with Crippen LogP contribution in [0.5, 0.6) is 0 Å². The van der Waals surface area contributed by atoms with Crippen LogP contribution < -0.4 is 5.32 Å². The van der Waals surface area contributed by atoms with Gasteiger partial charge in [-0.15, -0.1) is 0 Å². The first-order valence-corrected chi connectivity index (χ1v) is 7.16. The van der Waals surface area contributed by atoms with Crippen molar-refractivity contribution in [2.75, 3.05) is 19.6 Å². The smallest absolute Gasteiger partial charge is 0.0951 e. The minimum Gasteiger partial charge on any atom is -0.472 e. The lowest BCUT2D eigenvalue weighted by Gasteiger charge is -2.42. The second kappa shape index (κ2) is 5.89. The molecule has 1 unspecified atom stereocenters. The summed E-state index contributed by atoms with van der Waals surface area (Å²) in [5.41, 5.74) is 1.40.